The first-order chi connectivity index (χ1) is 8.03. The summed E-state index contributed by atoms with van der Waals surface area (Å²) >= 11 is 0. The third-order valence-electron chi connectivity index (χ3n) is 4.21. The van der Waals surface area contributed by atoms with Crippen LogP contribution in [-0.4, -0.2) is 37.6 Å². The lowest BCUT2D eigenvalue weighted by atomic mass is 9.79. The third-order valence-corrected chi connectivity index (χ3v) is 6.10. The molecule has 2 fully saturated rings. The Morgan fingerprint density at radius 3 is 2.65 bits per heavy atom. The van der Waals surface area contributed by atoms with Gasteiger partial charge in [0.15, 0.2) is 0 Å². The summed E-state index contributed by atoms with van der Waals surface area (Å²) in [5.41, 5.74) is 5.96. The van der Waals surface area contributed by atoms with Gasteiger partial charge in [-0.05, 0) is 37.5 Å². The van der Waals surface area contributed by atoms with E-state index in [1.54, 1.807) is 4.31 Å². The normalized spacial score (nSPS) is 34.8. The molecule has 100 valence electrons. The van der Waals surface area contributed by atoms with Crippen LogP contribution in [0.2, 0.25) is 0 Å². The summed E-state index contributed by atoms with van der Waals surface area (Å²) in [5.74, 6) is 1.39. The van der Waals surface area contributed by atoms with Crippen molar-refractivity contribution in [3.63, 3.8) is 0 Å². The molecule has 2 aliphatic rings. The number of sulfonamides is 1. The topological polar surface area (TPSA) is 63.4 Å². The van der Waals surface area contributed by atoms with Gasteiger partial charge in [-0.15, -0.1) is 0 Å². The first kappa shape index (κ1) is 13.3. The summed E-state index contributed by atoms with van der Waals surface area (Å²) in [6.07, 6.45) is 4.87. The minimum Gasteiger partial charge on any atom is -0.328 e. The number of nitrogens with two attached hydrogens (primary N) is 1. The molecule has 1 aliphatic heterocycles. The minimum atomic E-state index is -3.01. The van der Waals surface area contributed by atoms with Crippen molar-refractivity contribution in [1.29, 1.82) is 0 Å². The van der Waals surface area contributed by atoms with Gasteiger partial charge in [0.2, 0.25) is 10.0 Å². The number of nitrogens with zero attached hydrogens (tertiary/aromatic N) is 1. The monoisotopic (exact) mass is 260 g/mol. The first-order valence-corrected chi connectivity index (χ1v) is 8.37. The second-order valence-electron chi connectivity index (χ2n) is 5.58. The molecule has 5 heteroatoms. The lowest BCUT2D eigenvalue weighted by molar-refractivity contribution is 0.271. The highest BCUT2D eigenvalue weighted by molar-refractivity contribution is 7.89. The van der Waals surface area contributed by atoms with Crippen molar-refractivity contribution < 1.29 is 8.42 Å². The van der Waals surface area contributed by atoms with E-state index in [4.69, 9.17) is 5.73 Å². The lowest BCUT2D eigenvalue weighted by Gasteiger charge is -2.28. The van der Waals surface area contributed by atoms with Gasteiger partial charge >= 0.3 is 0 Å². The van der Waals surface area contributed by atoms with E-state index in [1.807, 2.05) is 6.92 Å². The van der Waals surface area contributed by atoms with E-state index in [-0.39, 0.29) is 6.04 Å². The standard InChI is InChI=1S/C12H24N2O2S/c1-2-3-6-17(15,16)14-8-10-4-5-12(13)7-11(10)9-14/h10-12H,2-9,13H2,1H3/t10-,11+,12?/m1/s1. The van der Waals surface area contributed by atoms with Crippen molar-refractivity contribution in [2.45, 2.75) is 45.1 Å². The van der Waals surface area contributed by atoms with Crippen LogP contribution >= 0.6 is 0 Å². The minimum absolute atomic E-state index is 0.287. The molecular weight excluding hydrogens is 236 g/mol. The molecule has 0 radical (unpaired) electrons. The van der Waals surface area contributed by atoms with Gasteiger partial charge in [0.05, 0.1) is 5.75 Å². The van der Waals surface area contributed by atoms with Gasteiger partial charge in [-0.3, -0.25) is 0 Å². The molecule has 4 nitrogen and oxygen atoms in total. The quantitative estimate of drug-likeness (QED) is 0.825. The highest BCUT2D eigenvalue weighted by atomic mass is 32.2. The van der Waals surface area contributed by atoms with Crippen LogP contribution < -0.4 is 5.73 Å². The summed E-state index contributed by atoms with van der Waals surface area (Å²) in [4.78, 5) is 0. The number of unbranched alkanes of at least 4 members (excludes halogenated alkanes) is 1. The number of hydrogen-bond acceptors (Lipinski definition) is 3. The van der Waals surface area contributed by atoms with Crippen molar-refractivity contribution in [3.8, 4) is 0 Å². The fraction of sp³-hybridized carbons (Fsp3) is 1.00. The second-order valence-corrected chi connectivity index (χ2v) is 7.67. The summed E-state index contributed by atoms with van der Waals surface area (Å²) in [7, 11) is -3.01. The van der Waals surface area contributed by atoms with E-state index in [1.165, 1.54) is 0 Å². The largest absolute Gasteiger partial charge is 0.328 e. The maximum Gasteiger partial charge on any atom is 0.214 e. The fourth-order valence-corrected chi connectivity index (χ4v) is 4.86. The van der Waals surface area contributed by atoms with Crippen LogP contribution in [0.25, 0.3) is 0 Å². The average molecular weight is 260 g/mol. The Balaban J connectivity index is 1.97. The van der Waals surface area contributed by atoms with E-state index in [0.717, 1.165) is 38.6 Å². The van der Waals surface area contributed by atoms with Gasteiger partial charge in [0.25, 0.3) is 0 Å². The zero-order valence-corrected chi connectivity index (χ0v) is 11.5. The van der Waals surface area contributed by atoms with Gasteiger partial charge in [0.1, 0.15) is 0 Å². The Labute approximate surface area is 105 Å². The molecule has 2 N–H and O–H groups in total. The van der Waals surface area contributed by atoms with E-state index in [2.05, 4.69) is 0 Å². The Kier molecular flexibility index (Phi) is 4.10. The van der Waals surface area contributed by atoms with Gasteiger partial charge < -0.3 is 5.73 Å². The predicted molar refractivity (Wildman–Crippen MR) is 69.1 cm³/mol. The summed E-state index contributed by atoms with van der Waals surface area (Å²) < 4.78 is 25.9. The summed E-state index contributed by atoms with van der Waals surface area (Å²) in [6, 6.07) is 0.287. The molecule has 1 unspecified atom stereocenters. The van der Waals surface area contributed by atoms with Crippen molar-refractivity contribution in [3.05, 3.63) is 0 Å². The molecule has 1 heterocycles. The number of hydrogen-bond donors (Lipinski definition) is 1. The molecule has 3 atom stereocenters. The maximum absolute atomic E-state index is 12.1. The summed E-state index contributed by atoms with van der Waals surface area (Å²) in [5, 5.41) is 0. The van der Waals surface area contributed by atoms with Crippen LogP contribution in [0.3, 0.4) is 0 Å². The molecule has 1 saturated carbocycles. The zero-order chi connectivity index (χ0) is 12.5. The Morgan fingerprint density at radius 2 is 1.94 bits per heavy atom. The van der Waals surface area contributed by atoms with Crippen molar-refractivity contribution in [1.82, 2.24) is 4.31 Å². The van der Waals surface area contributed by atoms with Crippen molar-refractivity contribution in [2.75, 3.05) is 18.8 Å². The van der Waals surface area contributed by atoms with Crippen LogP contribution in [0.5, 0.6) is 0 Å². The third kappa shape index (κ3) is 3.01. The number of rotatable bonds is 4. The molecule has 0 aromatic heterocycles. The first-order valence-electron chi connectivity index (χ1n) is 6.76. The van der Waals surface area contributed by atoms with Crippen LogP contribution in [0, 0.1) is 11.8 Å². The Morgan fingerprint density at radius 1 is 1.24 bits per heavy atom. The molecule has 1 saturated heterocycles. The molecule has 0 aromatic rings. The van der Waals surface area contributed by atoms with Crippen LogP contribution in [-0.2, 0) is 10.0 Å². The zero-order valence-electron chi connectivity index (χ0n) is 10.6. The van der Waals surface area contributed by atoms with E-state index in [9.17, 15) is 8.42 Å². The van der Waals surface area contributed by atoms with Gasteiger partial charge in [-0.25, -0.2) is 12.7 Å². The molecular formula is C12H24N2O2S. The van der Waals surface area contributed by atoms with Crippen LogP contribution in [0.4, 0.5) is 0 Å². The van der Waals surface area contributed by atoms with E-state index < -0.39 is 10.0 Å². The van der Waals surface area contributed by atoms with Crippen molar-refractivity contribution in [2.24, 2.45) is 17.6 Å². The smallest absolute Gasteiger partial charge is 0.214 e. The predicted octanol–water partition coefficient (Wildman–Crippen LogP) is 1.18. The molecule has 1 aliphatic carbocycles. The van der Waals surface area contributed by atoms with Gasteiger partial charge in [0, 0.05) is 19.1 Å². The van der Waals surface area contributed by atoms with Gasteiger partial charge in [-0.2, -0.15) is 0 Å². The average Bonchev–Trinajstić information content (AvgIpc) is 2.70. The highest BCUT2D eigenvalue weighted by Gasteiger charge is 2.40. The lowest BCUT2D eigenvalue weighted by Crippen LogP contribution is -2.32. The van der Waals surface area contributed by atoms with Crippen LogP contribution in [0.1, 0.15) is 39.0 Å². The highest BCUT2D eigenvalue weighted by Crippen LogP contribution is 2.36. The molecule has 0 spiro atoms. The maximum atomic E-state index is 12.1. The van der Waals surface area contributed by atoms with E-state index in [0.29, 0.717) is 24.1 Å². The number of fused-ring (bicyclic) bond motifs is 1. The van der Waals surface area contributed by atoms with E-state index >= 15 is 0 Å². The molecule has 17 heavy (non-hydrogen) atoms. The van der Waals surface area contributed by atoms with Gasteiger partial charge in [-0.1, -0.05) is 13.3 Å². The Bertz CT molecular complexity index is 356. The second kappa shape index (κ2) is 5.24. The molecule has 0 amide bonds. The molecule has 0 aromatic carbocycles. The SMILES string of the molecule is CCCCS(=O)(=O)N1C[C@H]2CCC(N)C[C@H]2C1. The molecule has 2 rings (SSSR count). The van der Waals surface area contributed by atoms with Crippen molar-refractivity contribution >= 4 is 10.0 Å². The van der Waals surface area contributed by atoms with Crippen LogP contribution in [0.15, 0.2) is 0 Å². The molecule has 0 bridgehead atoms. The summed E-state index contributed by atoms with van der Waals surface area (Å²) in [6.45, 7) is 3.48. The fourth-order valence-electron chi connectivity index (χ4n) is 3.11. The Hall–Kier alpha value is -0.130.